The summed E-state index contributed by atoms with van der Waals surface area (Å²) in [6.45, 7) is 0.875. The predicted octanol–water partition coefficient (Wildman–Crippen LogP) is 3.38. The minimum atomic E-state index is -3.83. The van der Waals surface area contributed by atoms with Gasteiger partial charge < -0.3 is 10.1 Å². The SMILES string of the molecule is O=S(=O)(c1ccc(Cl)c(NC(=S)N/N=C/c2c(F)c(F)c(F)c(F)c2F)c1)N1CCOCC1. The number of ether oxygens (including phenoxy) is 1. The Hall–Kier alpha value is -2.39. The summed E-state index contributed by atoms with van der Waals surface area (Å²) in [5.41, 5.74) is 0.905. The molecule has 3 rings (SSSR count). The van der Waals surface area contributed by atoms with Crippen molar-refractivity contribution < 1.29 is 35.1 Å². The molecule has 178 valence electrons. The fourth-order valence-electron chi connectivity index (χ4n) is 2.74. The maximum atomic E-state index is 13.7. The molecule has 0 saturated carbocycles. The zero-order chi connectivity index (χ0) is 24.3. The van der Waals surface area contributed by atoms with Crippen molar-refractivity contribution in [1.29, 1.82) is 0 Å². The molecule has 0 amide bonds. The standard InChI is InChI=1S/C18H14ClF5N4O3S2/c19-11-2-1-9(33(29,30)28-3-5-31-6-4-28)7-12(11)26-18(32)27-25-8-10-13(20)15(22)17(24)16(23)14(10)21/h1-2,7-8H,3-6H2,(H2,26,27,32)/b25-8+. The van der Waals surface area contributed by atoms with Crippen LogP contribution in [0.4, 0.5) is 27.6 Å². The lowest BCUT2D eigenvalue weighted by Gasteiger charge is -2.26. The number of hydrogen-bond donors (Lipinski definition) is 2. The molecule has 1 aliphatic heterocycles. The van der Waals surface area contributed by atoms with E-state index in [0.717, 1.165) is 0 Å². The fourth-order valence-corrected chi connectivity index (χ4v) is 4.50. The largest absolute Gasteiger partial charge is 0.379 e. The van der Waals surface area contributed by atoms with Crippen LogP contribution in [0.15, 0.2) is 28.2 Å². The van der Waals surface area contributed by atoms with Crippen LogP contribution in [-0.4, -0.2) is 50.4 Å². The molecule has 0 spiro atoms. The van der Waals surface area contributed by atoms with Crippen LogP contribution in [0.5, 0.6) is 0 Å². The second kappa shape index (κ2) is 10.3. The molecule has 15 heteroatoms. The van der Waals surface area contributed by atoms with E-state index >= 15 is 0 Å². The molecule has 7 nitrogen and oxygen atoms in total. The van der Waals surface area contributed by atoms with Crippen molar-refractivity contribution >= 4 is 50.9 Å². The van der Waals surface area contributed by atoms with Gasteiger partial charge in [-0.2, -0.15) is 9.41 Å². The summed E-state index contributed by atoms with van der Waals surface area (Å²) in [7, 11) is -3.83. The van der Waals surface area contributed by atoms with Gasteiger partial charge in [0.15, 0.2) is 28.4 Å². The van der Waals surface area contributed by atoms with Crippen LogP contribution >= 0.6 is 23.8 Å². The first-order chi connectivity index (χ1) is 15.5. The molecule has 0 radical (unpaired) electrons. The number of sulfonamides is 1. The van der Waals surface area contributed by atoms with Crippen LogP contribution in [0.2, 0.25) is 5.02 Å². The third-order valence-corrected chi connectivity index (χ3v) is 6.81. The van der Waals surface area contributed by atoms with Gasteiger partial charge >= 0.3 is 0 Å². The number of rotatable bonds is 5. The molecule has 0 aromatic heterocycles. The van der Waals surface area contributed by atoms with E-state index in [2.05, 4.69) is 15.8 Å². The Bertz CT molecular complexity index is 1200. The summed E-state index contributed by atoms with van der Waals surface area (Å²) < 4.78 is 98.8. The highest BCUT2D eigenvalue weighted by molar-refractivity contribution is 7.89. The van der Waals surface area contributed by atoms with Crippen molar-refractivity contribution in [3.8, 4) is 0 Å². The lowest BCUT2D eigenvalue weighted by molar-refractivity contribution is 0.0730. The molecule has 2 N–H and O–H groups in total. The summed E-state index contributed by atoms with van der Waals surface area (Å²) >= 11 is 11.0. The molecule has 2 aromatic carbocycles. The zero-order valence-corrected chi connectivity index (χ0v) is 18.7. The van der Waals surface area contributed by atoms with Gasteiger partial charge in [0.25, 0.3) is 0 Å². The van der Waals surface area contributed by atoms with Gasteiger partial charge in [-0.25, -0.2) is 30.4 Å². The Morgan fingerprint density at radius 1 is 1.06 bits per heavy atom. The molecule has 1 fully saturated rings. The van der Waals surface area contributed by atoms with Gasteiger partial charge in [-0.15, -0.1) is 0 Å². The number of nitrogens with one attached hydrogen (secondary N) is 2. The van der Waals surface area contributed by atoms with E-state index in [-0.39, 0.29) is 47.0 Å². The number of nitrogens with zero attached hydrogens (tertiary/aromatic N) is 2. The van der Waals surface area contributed by atoms with Crippen molar-refractivity contribution in [1.82, 2.24) is 9.73 Å². The number of hydrazone groups is 1. The second-order valence-corrected chi connectivity index (χ2v) is 9.22. The van der Waals surface area contributed by atoms with Gasteiger partial charge in [0.2, 0.25) is 15.8 Å². The summed E-state index contributed by atoms with van der Waals surface area (Å²) in [5, 5.41) is 5.67. The summed E-state index contributed by atoms with van der Waals surface area (Å²) in [5.74, 6) is -10.7. The van der Waals surface area contributed by atoms with Crippen molar-refractivity contribution in [2.45, 2.75) is 4.90 Å². The highest BCUT2D eigenvalue weighted by atomic mass is 35.5. The average Bonchev–Trinajstić information content (AvgIpc) is 2.80. The lowest BCUT2D eigenvalue weighted by atomic mass is 10.2. The van der Waals surface area contributed by atoms with Gasteiger partial charge in [-0.05, 0) is 30.4 Å². The van der Waals surface area contributed by atoms with E-state index in [4.69, 9.17) is 28.6 Å². The van der Waals surface area contributed by atoms with Gasteiger partial charge in [-0.3, -0.25) is 5.43 Å². The van der Waals surface area contributed by atoms with Gasteiger partial charge in [0.05, 0.1) is 40.6 Å². The van der Waals surface area contributed by atoms with Crippen molar-refractivity contribution in [3.63, 3.8) is 0 Å². The van der Waals surface area contributed by atoms with Gasteiger partial charge in [0, 0.05) is 13.1 Å². The van der Waals surface area contributed by atoms with E-state index in [1.165, 1.54) is 22.5 Å². The highest BCUT2D eigenvalue weighted by Crippen LogP contribution is 2.27. The Balaban J connectivity index is 1.74. The van der Waals surface area contributed by atoms with Crippen LogP contribution in [0.1, 0.15) is 5.56 Å². The van der Waals surface area contributed by atoms with E-state index in [9.17, 15) is 30.4 Å². The third kappa shape index (κ3) is 5.41. The Kier molecular flexibility index (Phi) is 7.84. The second-order valence-electron chi connectivity index (χ2n) is 6.47. The van der Waals surface area contributed by atoms with E-state index < -0.39 is 44.7 Å². The Morgan fingerprint density at radius 3 is 2.24 bits per heavy atom. The number of anilines is 1. The number of morpholine rings is 1. The maximum absolute atomic E-state index is 13.7. The Morgan fingerprint density at radius 2 is 1.64 bits per heavy atom. The molecule has 0 unspecified atom stereocenters. The summed E-state index contributed by atoms with van der Waals surface area (Å²) in [6, 6.07) is 3.84. The molecule has 1 heterocycles. The first kappa shape index (κ1) is 25.2. The lowest BCUT2D eigenvalue weighted by Crippen LogP contribution is -2.40. The molecule has 33 heavy (non-hydrogen) atoms. The van der Waals surface area contributed by atoms with Crippen LogP contribution in [0.25, 0.3) is 0 Å². The van der Waals surface area contributed by atoms with Crippen LogP contribution in [-0.2, 0) is 14.8 Å². The number of hydrogen-bond acceptors (Lipinski definition) is 5. The first-order valence-corrected chi connectivity index (χ1v) is 11.3. The first-order valence-electron chi connectivity index (χ1n) is 9.03. The normalized spacial score (nSPS) is 15.1. The van der Waals surface area contributed by atoms with Crippen LogP contribution in [0.3, 0.4) is 0 Å². The fraction of sp³-hybridized carbons (Fsp3) is 0.222. The van der Waals surface area contributed by atoms with Crippen molar-refractivity contribution in [3.05, 3.63) is 57.9 Å². The van der Waals surface area contributed by atoms with E-state index in [1.54, 1.807) is 0 Å². The summed E-state index contributed by atoms with van der Waals surface area (Å²) in [4.78, 5) is -0.0796. The molecule has 1 saturated heterocycles. The molecular weight excluding hydrogens is 515 g/mol. The molecule has 2 aromatic rings. The van der Waals surface area contributed by atoms with Crippen LogP contribution < -0.4 is 10.7 Å². The maximum Gasteiger partial charge on any atom is 0.243 e. The summed E-state index contributed by atoms with van der Waals surface area (Å²) in [6.07, 6.45) is 0.352. The van der Waals surface area contributed by atoms with Crippen molar-refractivity contribution in [2.75, 3.05) is 31.6 Å². The third-order valence-electron chi connectivity index (χ3n) is 4.40. The number of halogens is 6. The molecule has 1 aliphatic rings. The van der Waals surface area contributed by atoms with Crippen molar-refractivity contribution in [2.24, 2.45) is 5.10 Å². The molecular formula is C18H14ClF5N4O3S2. The Labute approximate surface area is 195 Å². The van der Waals surface area contributed by atoms with Crippen LogP contribution in [0, 0.1) is 29.1 Å². The topological polar surface area (TPSA) is 83.0 Å². The predicted molar refractivity (Wildman–Crippen MR) is 114 cm³/mol. The minimum absolute atomic E-state index is 0.0648. The minimum Gasteiger partial charge on any atom is -0.379 e. The zero-order valence-electron chi connectivity index (χ0n) is 16.3. The highest BCUT2D eigenvalue weighted by Gasteiger charge is 2.27. The molecule has 0 bridgehead atoms. The smallest absolute Gasteiger partial charge is 0.243 e. The molecule has 0 aliphatic carbocycles. The van der Waals surface area contributed by atoms with E-state index in [0.29, 0.717) is 6.21 Å². The monoisotopic (exact) mass is 528 g/mol. The van der Waals surface area contributed by atoms with E-state index in [1.807, 2.05) is 0 Å². The van der Waals surface area contributed by atoms with Gasteiger partial charge in [0.1, 0.15) is 0 Å². The molecule has 0 atom stereocenters. The number of thiocarbonyl (C=S) groups is 1. The van der Waals surface area contributed by atoms with Gasteiger partial charge in [-0.1, -0.05) is 11.6 Å². The quantitative estimate of drug-likeness (QED) is 0.155. The average molecular weight is 529 g/mol. The number of benzene rings is 2.